The zero-order valence-corrected chi connectivity index (χ0v) is 18.5. The predicted molar refractivity (Wildman–Crippen MR) is 121 cm³/mol. The van der Waals surface area contributed by atoms with Crippen molar-refractivity contribution < 1.29 is 9.53 Å². The maximum absolute atomic E-state index is 13.1. The molecule has 1 aliphatic heterocycles. The molecule has 1 atom stereocenters. The fraction of sp³-hybridized carbons (Fsp3) is 0.318. The third-order valence-corrected chi connectivity index (χ3v) is 5.92. The van der Waals surface area contributed by atoms with E-state index in [1.807, 2.05) is 0 Å². The number of aromatic amines is 1. The van der Waals surface area contributed by atoms with Gasteiger partial charge in [0.1, 0.15) is 12.4 Å². The van der Waals surface area contributed by atoms with Crippen molar-refractivity contribution in [2.75, 3.05) is 17.7 Å². The van der Waals surface area contributed by atoms with Gasteiger partial charge in [0.15, 0.2) is 5.16 Å². The van der Waals surface area contributed by atoms with Crippen molar-refractivity contribution >= 4 is 35.1 Å². The van der Waals surface area contributed by atoms with Crippen LogP contribution in [0.4, 0.5) is 5.82 Å². The summed E-state index contributed by atoms with van der Waals surface area (Å²) in [6, 6.07) is 7.08. The number of unbranched alkanes of at least 4 members (excludes halogenated alkanes) is 1. The van der Waals surface area contributed by atoms with Crippen LogP contribution in [0.25, 0.3) is 0 Å². The van der Waals surface area contributed by atoms with Crippen LogP contribution in [-0.4, -0.2) is 28.3 Å². The minimum atomic E-state index is -0.623. The number of allylic oxidation sites excluding steroid dienone is 1. The third-order valence-electron chi connectivity index (χ3n) is 4.71. The largest absolute Gasteiger partial charge is 0.458 e. The summed E-state index contributed by atoms with van der Waals surface area (Å²) in [7, 11) is 0. The van der Waals surface area contributed by atoms with E-state index in [-0.39, 0.29) is 12.2 Å². The molecule has 0 spiro atoms. The monoisotopic (exact) mass is 445 g/mol. The van der Waals surface area contributed by atoms with Crippen LogP contribution < -0.4 is 10.9 Å². The molecule has 0 fully saturated rings. The second-order valence-electron chi connectivity index (χ2n) is 6.87. The first-order valence-corrected chi connectivity index (χ1v) is 11.1. The number of hydrogen-bond acceptors (Lipinski definition) is 6. The highest BCUT2D eigenvalue weighted by Crippen LogP contribution is 2.40. The van der Waals surface area contributed by atoms with E-state index in [1.54, 1.807) is 31.2 Å². The predicted octanol–water partition coefficient (Wildman–Crippen LogP) is 4.88. The van der Waals surface area contributed by atoms with Crippen LogP contribution in [0.5, 0.6) is 0 Å². The molecule has 158 valence electrons. The molecule has 0 radical (unpaired) electrons. The number of H-pyrrole nitrogens is 1. The van der Waals surface area contributed by atoms with Gasteiger partial charge in [0.05, 0.1) is 17.1 Å². The number of aromatic nitrogens is 2. The molecule has 0 amide bonds. The van der Waals surface area contributed by atoms with Crippen LogP contribution in [0.2, 0.25) is 5.02 Å². The Morgan fingerprint density at radius 3 is 2.77 bits per heavy atom. The van der Waals surface area contributed by atoms with E-state index in [1.165, 1.54) is 17.8 Å². The molecule has 30 heavy (non-hydrogen) atoms. The highest BCUT2D eigenvalue weighted by atomic mass is 35.5. The van der Waals surface area contributed by atoms with Crippen molar-refractivity contribution in [2.45, 2.75) is 37.8 Å². The molecule has 8 heteroatoms. The number of carbonyl (C=O) groups is 1. The maximum atomic E-state index is 13.1. The summed E-state index contributed by atoms with van der Waals surface area (Å²) in [5.74, 6) is 0.191. The van der Waals surface area contributed by atoms with E-state index in [2.05, 4.69) is 28.8 Å². The lowest BCUT2D eigenvalue weighted by molar-refractivity contribution is -0.138. The molecule has 0 unspecified atom stereocenters. The molecule has 6 nitrogen and oxygen atoms in total. The normalized spacial score (nSPS) is 15.4. The number of benzene rings is 1. The highest BCUT2D eigenvalue weighted by Gasteiger charge is 2.36. The van der Waals surface area contributed by atoms with Gasteiger partial charge in [0.25, 0.3) is 5.56 Å². The Bertz CT molecular complexity index is 1030. The Balaban J connectivity index is 2.11. The molecule has 2 heterocycles. The van der Waals surface area contributed by atoms with Crippen molar-refractivity contribution in [2.24, 2.45) is 0 Å². The lowest BCUT2D eigenvalue weighted by Crippen LogP contribution is -2.31. The van der Waals surface area contributed by atoms with Crippen LogP contribution in [0.15, 0.2) is 58.1 Å². The second-order valence-corrected chi connectivity index (χ2v) is 8.39. The van der Waals surface area contributed by atoms with Gasteiger partial charge in [-0.05, 0) is 31.0 Å². The Morgan fingerprint density at radius 2 is 2.10 bits per heavy atom. The summed E-state index contributed by atoms with van der Waals surface area (Å²) in [6.45, 7) is 7.56. The maximum Gasteiger partial charge on any atom is 0.337 e. The molecule has 1 aromatic heterocycles. The van der Waals surface area contributed by atoms with E-state index in [0.29, 0.717) is 32.8 Å². The summed E-state index contributed by atoms with van der Waals surface area (Å²) in [4.78, 5) is 33.4. The van der Waals surface area contributed by atoms with Gasteiger partial charge < -0.3 is 15.0 Å². The summed E-state index contributed by atoms with van der Waals surface area (Å²) in [5, 5.41) is 4.26. The molecule has 0 bridgehead atoms. The lowest BCUT2D eigenvalue weighted by atomic mass is 9.82. The van der Waals surface area contributed by atoms with E-state index in [9.17, 15) is 9.59 Å². The van der Waals surface area contributed by atoms with Crippen molar-refractivity contribution in [3.8, 4) is 0 Å². The number of anilines is 1. The van der Waals surface area contributed by atoms with E-state index in [0.717, 1.165) is 24.2 Å². The number of ether oxygens (including phenoxy) is 1. The van der Waals surface area contributed by atoms with Gasteiger partial charge in [-0.25, -0.2) is 9.78 Å². The third kappa shape index (κ3) is 4.79. The summed E-state index contributed by atoms with van der Waals surface area (Å²) >= 11 is 7.56. The van der Waals surface area contributed by atoms with Crippen LogP contribution >= 0.6 is 23.4 Å². The van der Waals surface area contributed by atoms with Gasteiger partial charge in [0, 0.05) is 16.5 Å². The quantitative estimate of drug-likeness (QED) is 0.198. The Morgan fingerprint density at radius 1 is 1.37 bits per heavy atom. The average Bonchev–Trinajstić information content (AvgIpc) is 2.72. The Labute approximate surface area is 184 Å². The molecule has 0 saturated carbocycles. The number of esters is 1. The zero-order chi connectivity index (χ0) is 21.7. The molecular weight excluding hydrogens is 422 g/mol. The topological polar surface area (TPSA) is 84.1 Å². The highest BCUT2D eigenvalue weighted by molar-refractivity contribution is 7.99. The van der Waals surface area contributed by atoms with E-state index in [4.69, 9.17) is 16.3 Å². The number of thioether (sulfide) groups is 1. The number of fused-ring (bicyclic) bond motifs is 1. The van der Waals surface area contributed by atoms with Gasteiger partial charge in [0.2, 0.25) is 0 Å². The molecule has 1 aliphatic rings. The van der Waals surface area contributed by atoms with Gasteiger partial charge >= 0.3 is 5.97 Å². The SMILES string of the molecule is C=CCOC(=O)C1=C(C)Nc2nc(SCCCC)[nH]c(=O)c2[C@H]1c1ccc(Cl)cc1. The Kier molecular flexibility index (Phi) is 7.39. The molecular formula is C22H24ClN3O3S. The first-order valence-electron chi connectivity index (χ1n) is 9.74. The Hall–Kier alpha value is -2.51. The summed E-state index contributed by atoms with van der Waals surface area (Å²) < 4.78 is 5.30. The molecule has 2 aromatic rings. The van der Waals surface area contributed by atoms with Gasteiger partial charge in [-0.1, -0.05) is 61.5 Å². The fourth-order valence-corrected chi connectivity index (χ4v) is 4.36. The summed E-state index contributed by atoms with van der Waals surface area (Å²) in [5.41, 5.74) is 1.82. The van der Waals surface area contributed by atoms with Crippen LogP contribution in [0.3, 0.4) is 0 Å². The number of hydrogen-bond donors (Lipinski definition) is 2. The van der Waals surface area contributed by atoms with E-state index < -0.39 is 11.9 Å². The molecule has 3 rings (SSSR count). The van der Waals surface area contributed by atoms with Crippen LogP contribution in [-0.2, 0) is 9.53 Å². The zero-order valence-electron chi connectivity index (χ0n) is 17.0. The number of carbonyl (C=O) groups excluding carboxylic acids is 1. The van der Waals surface area contributed by atoms with Crippen molar-refractivity contribution in [1.29, 1.82) is 0 Å². The minimum Gasteiger partial charge on any atom is -0.458 e. The van der Waals surface area contributed by atoms with Crippen LogP contribution in [0.1, 0.15) is 43.7 Å². The lowest BCUT2D eigenvalue weighted by Gasteiger charge is -2.28. The van der Waals surface area contributed by atoms with Gasteiger partial charge in [-0.3, -0.25) is 4.79 Å². The second kappa shape index (κ2) is 10.00. The molecule has 0 aliphatic carbocycles. The molecule has 1 aromatic carbocycles. The smallest absolute Gasteiger partial charge is 0.337 e. The number of nitrogens with zero attached hydrogens (tertiary/aromatic N) is 1. The van der Waals surface area contributed by atoms with Crippen molar-refractivity contribution in [3.63, 3.8) is 0 Å². The number of halogens is 1. The van der Waals surface area contributed by atoms with Gasteiger partial charge in [-0.2, -0.15) is 0 Å². The molecule has 2 N–H and O–H groups in total. The van der Waals surface area contributed by atoms with E-state index >= 15 is 0 Å². The van der Waals surface area contributed by atoms with Crippen molar-refractivity contribution in [1.82, 2.24) is 9.97 Å². The van der Waals surface area contributed by atoms with Crippen molar-refractivity contribution in [3.05, 3.63) is 74.7 Å². The average molecular weight is 446 g/mol. The summed E-state index contributed by atoms with van der Waals surface area (Å²) in [6.07, 6.45) is 3.60. The fourth-order valence-electron chi connectivity index (χ4n) is 3.28. The molecule has 0 saturated heterocycles. The standard InChI is InChI=1S/C22H24ClN3O3S/c1-4-6-12-30-22-25-19-18(20(27)26-22)17(14-7-9-15(23)10-8-14)16(13(3)24-19)21(28)29-11-5-2/h5,7-10,17H,2,4,6,11-12H2,1,3H3,(H2,24,25,26,27)/t17-/m0/s1. The number of nitrogens with one attached hydrogen (secondary N) is 2. The first-order chi connectivity index (χ1) is 14.5. The number of rotatable bonds is 8. The first kappa shape index (κ1) is 22.2. The van der Waals surface area contributed by atoms with Crippen LogP contribution in [0, 0.1) is 0 Å². The minimum absolute atomic E-state index is 0.0808. The van der Waals surface area contributed by atoms with Gasteiger partial charge in [-0.15, -0.1) is 0 Å².